The fourth-order valence-electron chi connectivity index (χ4n) is 2.38. The van der Waals surface area contributed by atoms with Crippen molar-refractivity contribution >= 4 is 21.6 Å². The smallest absolute Gasteiger partial charge is 0.0380 e. The molecule has 0 aliphatic rings. The molecule has 1 aromatic carbocycles. The van der Waals surface area contributed by atoms with E-state index in [-0.39, 0.29) is 6.04 Å². The second-order valence-corrected chi connectivity index (χ2v) is 6.62. The Hall–Kier alpha value is -0.540. The van der Waals surface area contributed by atoms with Gasteiger partial charge in [0.25, 0.3) is 0 Å². The van der Waals surface area contributed by atoms with Gasteiger partial charge in [0.1, 0.15) is 0 Å². The predicted octanol–water partition coefficient (Wildman–Crippen LogP) is 4.74. The van der Waals surface area contributed by atoms with E-state index in [4.69, 9.17) is 5.73 Å². The van der Waals surface area contributed by atoms with Crippen LogP contribution in [0.2, 0.25) is 0 Å². The van der Waals surface area contributed by atoms with Gasteiger partial charge in [0.05, 0.1) is 0 Å². The van der Waals surface area contributed by atoms with Gasteiger partial charge in [0.2, 0.25) is 0 Å². The molecule has 0 saturated heterocycles. The van der Waals surface area contributed by atoms with Crippen LogP contribution in [0.25, 0.3) is 0 Å². The predicted molar refractivity (Wildman–Crippen MR) is 93.5 cm³/mol. The lowest BCUT2D eigenvalue weighted by atomic mass is 10.1. The largest absolute Gasteiger partial charge is 0.369 e. The molecule has 0 fully saturated rings. The van der Waals surface area contributed by atoms with Crippen LogP contribution in [0.5, 0.6) is 0 Å². The topological polar surface area (TPSA) is 29.3 Å². The SMILES string of the molecule is CCCCN(c1ccc(CC(C)N)c(Br)c1)C(C)CC. The zero-order valence-corrected chi connectivity index (χ0v) is 14.9. The first-order chi connectivity index (χ1) is 9.49. The van der Waals surface area contributed by atoms with Gasteiger partial charge in [-0.15, -0.1) is 0 Å². The Morgan fingerprint density at radius 1 is 1.25 bits per heavy atom. The number of nitrogens with two attached hydrogens (primary N) is 1. The fourth-order valence-corrected chi connectivity index (χ4v) is 2.91. The maximum atomic E-state index is 5.90. The number of rotatable bonds is 8. The molecule has 0 radical (unpaired) electrons. The summed E-state index contributed by atoms with van der Waals surface area (Å²) in [6.45, 7) is 9.98. The normalized spacial score (nSPS) is 14.1. The molecular weight excluding hydrogens is 312 g/mol. The van der Waals surface area contributed by atoms with Crippen LogP contribution in [0.1, 0.15) is 52.5 Å². The van der Waals surface area contributed by atoms with Crippen LogP contribution in [-0.2, 0) is 6.42 Å². The summed E-state index contributed by atoms with van der Waals surface area (Å²) in [7, 11) is 0. The highest BCUT2D eigenvalue weighted by molar-refractivity contribution is 9.10. The van der Waals surface area contributed by atoms with Gasteiger partial charge >= 0.3 is 0 Å². The quantitative estimate of drug-likeness (QED) is 0.740. The van der Waals surface area contributed by atoms with Crippen molar-refractivity contribution in [1.82, 2.24) is 0 Å². The number of unbranched alkanes of at least 4 members (excludes halogenated alkanes) is 1. The number of benzene rings is 1. The maximum Gasteiger partial charge on any atom is 0.0380 e. The standard InChI is InChI=1S/C17H29BrN2/c1-5-7-10-20(14(4)6-2)16-9-8-15(11-13(3)19)17(18)12-16/h8-9,12-14H,5-7,10-11,19H2,1-4H3. The number of hydrogen-bond acceptors (Lipinski definition) is 2. The minimum Gasteiger partial charge on any atom is -0.369 e. The third kappa shape index (κ3) is 5.10. The first kappa shape index (κ1) is 17.5. The maximum absolute atomic E-state index is 5.90. The second kappa shape index (κ2) is 8.68. The van der Waals surface area contributed by atoms with Crippen LogP contribution < -0.4 is 10.6 Å². The van der Waals surface area contributed by atoms with Gasteiger partial charge < -0.3 is 10.6 Å². The van der Waals surface area contributed by atoms with Crippen molar-refractivity contribution in [3.63, 3.8) is 0 Å². The van der Waals surface area contributed by atoms with Crippen molar-refractivity contribution in [2.75, 3.05) is 11.4 Å². The van der Waals surface area contributed by atoms with E-state index in [0.717, 1.165) is 13.0 Å². The molecule has 0 heterocycles. The highest BCUT2D eigenvalue weighted by Gasteiger charge is 2.14. The molecule has 0 saturated carbocycles. The van der Waals surface area contributed by atoms with Gasteiger partial charge in [0.15, 0.2) is 0 Å². The molecule has 3 heteroatoms. The third-order valence-electron chi connectivity index (χ3n) is 3.79. The van der Waals surface area contributed by atoms with Crippen LogP contribution in [0.15, 0.2) is 22.7 Å². The van der Waals surface area contributed by atoms with Crippen molar-refractivity contribution in [1.29, 1.82) is 0 Å². The Morgan fingerprint density at radius 3 is 2.45 bits per heavy atom. The number of anilines is 1. The summed E-state index contributed by atoms with van der Waals surface area (Å²) < 4.78 is 1.18. The van der Waals surface area contributed by atoms with Crippen LogP contribution in [0.3, 0.4) is 0 Å². The van der Waals surface area contributed by atoms with E-state index in [2.05, 4.69) is 59.8 Å². The summed E-state index contributed by atoms with van der Waals surface area (Å²) in [4.78, 5) is 2.52. The number of halogens is 1. The van der Waals surface area contributed by atoms with E-state index in [0.29, 0.717) is 6.04 Å². The van der Waals surface area contributed by atoms with E-state index < -0.39 is 0 Å². The molecule has 0 bridgehead atoms. The Morgan fingerprint density at radius 2 is 1.95 bits per heavy atom. The van der Waals surface area contributed by atoms with E-state index in [1.807, 2.05) is 6.92 Å². The van der Waals surface area contributed by atoms with Crippen LogP contribution >= 0.6 is 15.9 Å². The average molecular weight is 341 g/mol. The minimum atomic E-state index is 0.197. The molecule has 2 nitrogen and oxygen atoms in total. The van der Waals surface area contributed by atoms with Crippen LogP contribution in [-0.4, -0.2) is 18.6 Å². The average Bonchev–Trinajstić information content (AvgIpc) is 2.41. The lowest BCUT2D eigenvalue weighted by molar-refractivity contribution is 0.595. The molecule has 0 amide bonds. The lowest BCUT2D eigenvalue weighted by Gasteiger charge is -2.31. The molecule has 1 aromatic rings. The molecule has 1 rings (SSSR count). The number of hydrogen-bond donors (Lipinski definition) is 1. The molecule has 0 spiro atoms. The highest BCUT2D eigenvalue weighted by Crippen LogP contribution is 2.27. The molecular formula is C17H29BrN2. The summed E-state index contributed by atoms with van der Waals surface area (Å²) in [5, 5.41) is 0. The molecule has 0 aliphatic carbocycles. The van der Waals surface area contributed by atoms with E-state index in [1.165, 1.54) is 35.0 Å². The van der Waals surface area contributed by atoms with Crippen molar-refractivity contribution in [3.05, 3.63) is 28.2 Å². The molecule has 2 atom stereocenters. The summed E-state index contributed by atoms with van der Waals surface area (Å²) in [6.07, 6.45) is 4.56. The summed E-state index contributed by atoms with van der Waals surface area (Å²) >= 11 is 3.70. The highest BCUT2D eigenvalue weighted by atomic mass is 79.9. The zero-order valence-electron chi connectivity index (χ0n) is 13.3. The first-order valence-corrected chi connectivity index (χ1v) is 8.59. The van der Waals surface area contributed by atoms with Crippen molar-refractivity contribution in [2.45, 2.75) is 65.5 Å². The summed E-state index contributed by atoms with van der Waals surface area (Å²) in [5.41, 5.74) is 8.50. The van der Waals surface area contributed by atoms with Crippen LogP contribution in [0, 0.1) is 0 Å². The Labute approximate surface area is 132 Å². The first-order valence-electron chi connectivity index (χ1n) is 7.80. The molecule has 20 heavy (non-hydrogen) atoms. The molecule has 2 unspecified atom stereocenters. The van der Waals surface area contributed by atoms with Gasteiger partial charge in [-0.2, -0.15) is 0 Å². The fraction of sp³-hybridized carbons (Fsp3) is 0.647. The van der Waals surface area contributed by atoms with Gasteiger partial charge in [-0.3, -0.25) is 0 Å². The summed E-state index contributed by atoms with van der Waals surface area (Å²) in [5.74, 6) is 0. The third-order valence-corrected chi connectivity index (χ3v) is 4.52. The van der Waals surface area contributed by atoms with E-state index >= 15 is 0 Å². The summed E-state index contributed by atoms with van der Waals surface area (Å²) in [6, 6.07) is 7.48. The lowest BCUT2D eigenvalue weighted by Crippen LogP contribution is -2.33. The minimum absolute atomic E-state index is 0.197. The van der Waals surface area contributed by atoms with E-state index in [9.17, 15) is 0 Å². The van der Waals surface area contributed by atoms with Gasteiger partial charge in [-0.25, -0.2) is 0 Å². The Balaban J connectivity index is 2.93. The van der Waals surface area contributed by atoms with Crippen molar-refractivity contribution in [3.8, 4) is 0 Å². The van der Waals surface area contributed by atoms with Crippen LogP contribution in [0.4, 0.5) is 5.69 Å². The second-order valence-electron chi connectivity index (χ2n) is 5.76. The van der Waals surface area contributed by atoms with Gasteiger partial charge in [-0.05, 0) is 50.8 Å². The van der Waals surface area contributed by atoms with Gasteiger partial charge in [0, 0.05) is 28.8 Å². The van der Waals surface area contributed by atoms with Crippen molar-refractivity contribution < 1.29 is 0 Å². The van der Waals surface area contributed by atoms with E-state index in [1.54, 1.807) is 0 Å². The van der Waals surface area contributed by atoms with Gasteiger partial charge in [-0.1, -0.05) is 42.3 Å². The molecule has 0 aromatic heterocycles. The zero-order chi connectivity index (χ0) is 15.1. The van der Waals surface area contributed by atoms with Crippen molar-refractivity contribution in [2.24, 2.45) is 5.73 Å². The molecule has 2 N–H and O–H groups in total. The molecule has 114 valence electrons. The Kier molecular flexibility index (Phi) is 7.60. The number of nitrogens with zero attached hydrogens (tertiary/aromatic N) is 1. The Bertz CT molecular complexity index is 404. The monoisotopic (exact) mass is 340 g/mol. The molecule has 0 aliphatic heterocycles.